The molecular formula is C57H42N2OS. The van der Waals surface area contributed by atoms with E-state index in [0.717, 1.165) is 78.3 Å². The van der Waals surface area contributed by atoms with Crippen LogP contribution in [0.15, 0.2) is 207 Å². The zero-order valence-corrected chi connectivity index (χ0v) is 34.9. The fourth-order valence-corrected chi connectivity index (χ4v) is 10.8. The van der Waals surface area contributed by atoms with Crippen molar-refractivity contribution in [1.82, 2.24) is 0 Å². The highest BCUT2D eigenvalue weighted by molar-refractivity contribution is 7.99. The highest BCUT2D eigenvalue weighted by Crippen LogP contribution is 2.50. The van der Waals surface area contributed by atoms with E-state index in [9.17, 15) is 0 Å². The van der Waals surface area contributed by atoms with Gasteiger partial charge in [0.05, 0.1) is 15.5 Å². The third-order valence-electron chi connectivity index (χ3n) is 13.0. The van der Waals surface area contributed by atoms with Crippen molar-refractivity contribution in [3.8, 4) is 33.8 Å². The second-order valence-electron chi connectivity index (χ2n) is 17.0. The molecule has 0 spiro atoms. The molecule has 4 heteroatoms. The van der Waals surface area contributed by atoms with E-state index in [-0.39, 0.29) is 5.92 Å². The average Bonchev–Trinajstić information content (AvgIpc) is 4.11. The maximum Gasteiger partial charge on any atom is 0.160 e. The molecule has 0 amide bonds. The van der Waals surface area contributed by atoms with Crippen LogP contribution < -0.4 is 4.74 Å². The van der Waals surface area contributed by atoms with E-state index < -0.39 is 0 Å². The van der Waals surface area contributed by atoms with Crippen molar-refractivity contribution in [2.24, 2.45) is 27.7 Å². The molecule has 1 saturated carbocycles. The summed E-state index contributed by atoms with van der Waals surface area (Å²) in [7, 11) is 0. The second-order valence-corrected chi connectivity index (χ2v) is 18.1. The first-order chi connectivity index (χ1) is 30.0. The number of rotatable bonds is 5. The first-order valence-corrected chi connectivity index (χ1v) is 22.2. The van der Waals surface area contributed by atoms with Gasteiger partial charge < -0.3 is 4.74 Å². The molecule has 4 aliphatic rings. The molecule has 0 radical (unpaired) electrons. The highest BCUT2D eigenvalue weighted by Gasteiger charge is 2.42. The summed E-state index contributed by atoms with van der Waals surface area (Å²) < 4.78 is 6.55. The lowest BCUT2D eigenvalue weighted by atomic mass is 9.86. The van der Waals surface area contributed by atoms with Gasteiger partial charge in [0.15, 0.2) is 5.84 Å². The Kier molecular flexibility index (Phi) is 8.57. The average molecular weight is 803 g/mol. The molecule has 8 aromatic rings. The van der Waals surface area contributed by atoms with Crippen LogP contribution in [0.5, 0.6) is 11.5 Å². The van der Waals surface area contributed by atoms with Crippen molar-refractivity contribution < 1.29 is 4.74 Å². The summed E-state index contributed by atoms with van der Waals surface area (Å²) in [6.07, 6.45) is 9.01. The van der Waals surface area contributed by atoms with E-state index in [2.05, 4.69) is 178 Å². The monoisotopic (exact) mass is 802 g/mol. The van der Waals surface area contributed by atoms with Crippen molar-refractivity contribution in [2.45, 2.75) is 36.5 Å². The standard InChI is InChI=1S/C57H42N2OS/c1-34-27-35(2)56(48-20-12-15-39-32-49(39)48)59-57(58-55(34)36-13-4-3-5-14-36)42-29-40(28-41(30-42)38-24-26-54-52(33-38)60-51-21-10-11-22-53(51)61-54)37-23-25-47-45-18-7-6-16-43(45)44-17-8-9-19-46(44)50(47)31-37/h3-26,28-31,33,35,39,49H,27,32H2,1-2H3/t35-,39?,49?/m1/s1. The summed E-state index contributed by atoms with van der Waals surface area (Å²) in [5.41, 5.74) is 11.3. The summed E-state index contributed by atoms with van der Waals surface area (Å²) in [4.78, 5) is 13.5. The van der Waals surface area contributed by atoms with Crippen LogP contribution in [0.4, 0.5) is 0 Å². The highest BCUT2D eigenvalue weighted by atomic mass is 32.2. The van der Waals surface area contributed by atoms with E-state index in [4.69, 9.17) is 14.7 Å². The van der Waals surface area contributed by atoms with Gasteiger partial charge in [0.1, 0.15) is 11.5 Å². The fourth-order valence-electron chi connectivity index (χ4n) is 9.86. The van der Waals surface area contributed by atoms with Gasteiger partial charge in [-0.3, -0.25) is 0 Å². The van der Waals surface area contributed by atoms with Gasteiger partial charge in [-0.2, -0.15) is 0 Å². The summed E-state index contributed by atoms with van der Waals surface area (Å²) in [6.45, 7) is 4.60. The normalized spacial score (nSPS) is 19.2. The maximum absolute atomic E-state index is 6.55. The predicted octanol–water partition coefficient (Wildman–Crippen LogP) is 15.5. The van der Waals surface area contributed by atoms with Gasteiger partial charge >= 0.3 is 0 Å². The molecule has 3 atom stereocenters. The summed E-state index contributed by atoms with van der Waals surface area (Å²) in [5.74, 6) is 3.89. The Labute approximate surface area is 360 Å². The van der Waals surface area contributed by atoms with Gasteiger partial charge in [0.2, 0.25) is 0 Å². The van der Waals surface area contributed by atoms with E-state index >= 15 is 0 Å². The summed E-state index contributed by atoms with van der Waals surface area (Å²) in [6, 6.07) is 57.1. The van der Waals surface area contributed by atoms with Gasteiger partial charge in [-0.25, -0.2) is 9.98 Å². The maximum atomic E-state index is 6.55. The van der Waals surface area contributed by atoms with Gasteiger partial charge in [-0.1, -0.05) is 146 Å². The van der Waals surface area contributed by atoms with Gasteiger partial charge in [0.25, 0.3) is 0 Å². The van der Waals surface area contributed by atoms with Crippen LogP contribution >= 0.6 is 11.8 Å². The molecule has 2 heterocycles. The van der Waals surface area contributed by atoms with Crippen LogP contribution in [0.2, 0.25) is 0 Å². The Bertz CT molecular complexity index is 3260. The van der Waals surface area contributed by atoms with E-state index in [0.29, 0.717) is 11.8 Å². The van der Waals surface area contributed by atoms with Crippen LogP contribution in [0.3, 0.4) is 0 Å². The third kappa shape index (κ3) is 6.36. The lowest BCUT2D eigenvalue weighted by Crippen LogP contribution is -2.21. The fraction of sp³-hybridized carbons (Fsp3) is 0.123. The number of hydrogen-bond donors (Lipinski definition) is 0. The first kappa shape index (κ1) is 36.1. The Morgan fingerprint density at radius 2 is 1.16 bits per heavy atom. The number of nitrogens with zero attached hydrogens (tertiary/aromatic N) is 2. The topological polar surface area (TPSA) is 34.0 Å². The number of para-hydroxylation sites is 1. The van der Waals surface area contributed by atoms with Gasteiger partial charge in [-0.05, 0) is 146 Å². The van der Waals surface area contributed by atoms with Crippen molar-refractivity contribution in [3.05, 3.63) is 198 Å². The molecule has 292 valence electrons. The number of benzene rings is 8. The molecule has 8 aromatic carbocycles. The smallest absolute Gasteiger partial charge is 0.160 e. The van der Waals surface area contributed by atoms with Crippen LogP contribution in [0.1, 0.15) is 37.8 Å². The molecule has 61 heavy (non-hydrogen) atoms. The van der Waals surface area contributed by atoms with Gasteiger partial charge in [0, 0.05) is 22.8 Å². The number of hydrogen-bond acceptors (Lipinski definition) is 4. The second kappa shape index (κ2) is 14.5. The van der Waals surface area contributed by atoms with E-state index in [1.807, 2.05) is 12.1 Å². The number of aliphatic imine (C=N–C) groups is 2. The third-order valence-corrected chi connectivity index (χ3v) is 14.1. The van der Waals surface area contributed by atoms with Crippen molar-refractivity contribution >= 4 is 61.3 Å². The van der Waals surface area contributed by atoms with Crippen LogP contribution in [-0.2, 0) is 0 Å². The number of fused-ring (bicyclic) bond motifs is 9. The molecule has 12 rings (SSSR count). The lowest BCUT2D eigenvalue weighted by Gasteiger charge is -2.24. The molecule has 2 unspecified atom stereocenters. The summed E-state index contributed by atoms with van der Waals surface area (Å²) in [5, 5.41) is 7.58. The van der Waals surface area contributed by atoms with Gasteiger partial charge in [-0.15, -0.1) is 0 Å². The molecule has 3 nitrogen and oxygen atoms in total. The van der Waals surface area contributed by atoms with E-state index in [1.165, 1.54) is 49.9 Å². The zero-order chi connectivity index (χ0) is 40.6. The quantitative estimate of drug-likeness (QED) is 0.162. The zero-order valence-electron chi connectivity index (χ0n) is 34.1. The van der Waals surface area contributed by atoms with Crippen LogP contribution in [0.25, 0.3) is 60.3 Å². The minimum atomic E-state index is 0.229. The molecule has 1 fully saturated rings. The summed E-state index contributed by atoms with van der Waals surface area (Å²) >= 11 is 1.76. The Morgan fingerprint density at radius 3 is 1.93 bits per heavy atom. The first-order valence-electron chi connectivity index (χ1n) is 21.4. The Balaban J connectivity index is 1.09. The number of ether oxygens (including phenoxy) is 1. The molecule has 0 aromatic heterocycles. The molecular weight excluding hydrogens is 761 g/mol. The molecule has 0 saturated heterocycles. The minimum absolute atomic E-state index is 0.229. The Morgan fingerprint density at radius 1 is 0.541 bits per heavy atom. The van der Waals surface area contributed by atoms with Crippen LogP contribution in [0, 0.1) is 17.8 Å². The SMILES string of the molecule is CC1=C(c2ccccc2)N=C(c2cc(-c3ccc4c(c3)Oc3ccccc3S4)cc(-c3ccc4c5ccccc5c5ccccc5c4c3)c2)N=C(C2=CC=CC3CC23)[C@H](C)C1. The van der Waals surface area contributed by atoms with Crippen molar-refractivity contribution in [3.63, 3.8) is 0 Å². The molecule has 0 bridgehead atoms. The number of allylic oxidation sites excluding steroid dienone is 5. The van der Waals surface area contributed by atoms with E-state index in [1.54, 1.807) is 11.8 Å². The Hall–Kier alpha value is -6.75. The predicted molar refractivity (Wildman–Crippen MR) is 256 cm³/mol. The minimum Gasteiger partial charge on any atom is -0.455 e. The largest absolute Gasteiger partial charge is 0.455 e. The molecule has 2 aliphatic heterocycles. The van der Waals surface area contributed by atoms with Crippen molar-refractivity contribution in [2.75, 3.05) is 0 Å². The van der Waals surface area contributed by atoms with Crippen molar-refractivity contribution in [1.29, 1.82) is 0 Å². The molecule has 0 N–H and O–H groups in total. The number of amidine groups is 1. The van der Waals surface area contributed by atoms with Crippen LogP contribution in [-0.4, -0.2) is 11.5 Å². The molecule has 2 aliphatic carbocycles. The lowest BCUT2D eigenvalue weighted by molar-refractivity contribution is 0.455.